The zero-order chi connectivity index (χ0) is 12.1. The molecule has 0 radical (unpaired) electrons. The van der Waals surface area contributed by atoms with Crippen LogP contribution in [0.3, 0.4) is 0 Å². The summed E-state index contributed by atoms with van der Waals surface area (Å²) in [5.74, 6) is 1.25. The van der Waals surface area contributed by atoms with Crippen molar-refractivity contribution in [2.75, 3.05) is 18.2 Å². The highest BCUT2D eigenvalue weighted by Crippen LogP contribution is 2.14. The van der Waals surface area contributed by atoms with E-state index in [0.29, 0.717) is 18.2 Å². The summed E-state index contributed by atoms with van der Waals surface area (Å²) in [5, 5.41) is 3.14. The second-order valence-corrected chi connectivity index (χ2v) is 3.36. The number of hydrogen-bond acceptors (Lipinski definition) is 6. The number of nitrogens with two attached hydrogens (primary N) is 1. The van der Waals surface area contributed by atoms with Crippen LogP contribution in [0.5, 0.6) is 5.88 Å². The summed E-state index contributed by atoms with van der Waals surface area (Å²) in [5.41, 5.74) is 6.66. The van der Waals surface area contributed by atoms with E-state index in [1.165, 1.54) is 7.11 Å². The van der Waals surface area contributed by atoms with Crippen LogP contribution in [0.1, 0.15) is 5.56 Å². The molecule has 0 atom stereocenters. The van der Waals surface area contributed by atoms with E-state index in [0.717, 1.165) is 5.56 Å². The molecule has 2 aromatic rings. The zero-order valence-electron chi connectivity index (χ0n) is 9.42. The first-order valence-electron chi connectivity index (χ1n) is 5.09. The minimum Gasteiger partial charge on any atom is -0.481 e. The first-order chi connectivity index (χ1) is 8.28. The number of hydrogen-bond donors (Lipinski definition) is 2. The number of anilines is 2. The molecule has 0 aliphatic rings. The number of ether oxygens (including phenoxy) is 1. The van der Waals surface area contributed by atoms with Gasteiger partial charge in [0.15, 0.2) is 0 Å². The van der Waals surface area contributed by atoms with Gasteiger partial charge >= 0.3 is 0 Å². The molecule has 3 N–H and O–H groups in total. The van der Waals surface area contributed by atoms with Gasteiger partial charge in [0.1, 0.15) is 5.82 Å². The monoisotopic (exact) mass is 231 g/mol. The molecule has 2 rings (SSSR count). The third kappa shape index (κ3) is 3.04. The van der Waals surface area contributed by atoms with Gasteiger partial charge in [-0.1, -0.05) is 0 Å². The predicted molar refractivity (Wildman–Crippen MR) is 64.6 cm³/mol. The molecule has 6 heteroatoms. The Morgan fingerprint density at radius 1 is 1.29 bits per heavy atom. The molecule has 0 unspecified atom stereocenters. The van der Waals surface area contributed by atoms with Gasteiger partial charge in [0.25, 0.3) is 0 Å². The van der Waals surface area contributed by atoms with Gasteiger partial charge in [0.05, 0.1) is 7.11 Å². The minimum atomic E-state index is 0.182. The number of methoxy groups -OCH3 is 1. The van der Waals surface area contributed by atoms with Crippen molar-refractivity contribution in [1.82, 2.24) is 15.0 Å². The molecule has 0 aliphatic heterocycles. The zero-order valence-corrected chi connectivity index (χ0v) is 9.42. The summed E-state index contributed by atoms with van der Waals surface area (Å²) < 4.78 is 5.01. The third-order valence-electron chi connectivity index (χ3n) is 2.15. The highest BCUT2D eigenvalue weighted by molar-refractivity contribution is 5.43. The van der Waals surface area contributed by atoms with Crippen LogP contribution in [0.25, 0.3) is 0 Å². The molecular formula is C11H13N5O. The van der Waals surface area contributed by atoms with E-state index >= 15 is 0 Å². The van der Waals surface area contributed by atoms with Crippen LogP contribution < -0.4 is 15.8 Å². The summed E-state index contributed by atoms with van der Waals surface area (Å²) in [7, 11) is 1.54. The molecule has 0 amide bonds. The number of nitrogens with zero attached hydrogens (tertiary/aromatic N) is 3. The Hall–Kier alpha value is -2.37. The Bertz CT molecular complexity index is 488. The van der Waals surface area contributed by atoms with Crippen molar-refractivity contribution >= 4 is 11.8 Å². The summed E-state index contributed by atoms with van der Waals surface area (Å²) in [6.45, 7) is 0.641. The van der Waals surface area contributed by atoms with Crippen LogP contribution in [0.2, 0.25) is 0 Å². The predicted octanol–water partition coefficient (Wildman–Crippen LogP) is 1.07. The van der Waals surface area contributed by atoms with Crippen molar-refractivity contribution in [2.45, 2.75) is 6.54 Å². The van der Waals surface area contributed by atoms with Gasteiger partial charge in [-0.3, -0.25) is 4.98 Å². The second-order valence-electron chi connectivity index (χ2n) is 3.36. The lowest BCUT2D eigenvalue weighted by atomic mass is 10.3. The summed E-state index contributed by atoms with van der Waals surface area (Å²) in [4.78, 5) is 11.9. The van der Waals surface area contributed by atoms with Crippen molar-refractivity contribution in [3.63, 3.8) is 0 Å². The summed E-state index contributed by atoms with van der Waals surface area (Å²) in [6, 6.07) is 5.54. The summed E-state index contributed by atoms with van der Waals surface area (Å²) in [6.07, 6.45) is 3.48. The quantitative estimate of drug-likeness (QED) is 0.818. The van der Waals surface area contributed by atoms with Gasteiger partial charge in [0, 0.05) is 25.0 Å². The van der Waals surface area contributed by atoms with Gasteiger partial charge < -0.3 is 15.8 Å². The highest BCUT2D eigenvalue weighted by atomic mass is 16.5. The maximum absolute atomic E-state index is 5.55. The number of nitrogen functional groups attached to an aromatic ring is 1. The molecular weight excluding hydrogens is 218 g/mol. The van der Waals surface area contributed by atoms with Crippen LogP contribution >= 0.6 is 0 Å². The number of pyridine rings is 1. The van der Waals surface area contributed by atoms with E-state index in [9.17, 15) is 0 Å². The first-order valence-corrected chi connectivity index (χ1v) is 5.09. The fraction of sp³-hybridized carbons (Fsp3) is 0.182. The van der Waals surface area contributed by atoms with Crippen molar-refractivity contribution in [3.05, 3.63) is 36.2 Å². The molecule has 2 heterocycles. The largest absolute Gasteiger partial charge is 0.481 e. The maximum Gasteiger partial charge on any atom is 0.225 e. The Labute approximate surface area is 98.9 Å². The lowest BCUT2D eigenvalue weighted by Crippen LogP contribution is -2.05. The maximum atomic E-state index is 5.55. The first kappa shape index (κ1) is 11.1. The molecule has 0 spiro atoms. The van der Waals surface area contributed by atoms with Crippen molar-refractivity contribution in [2.24, 2.45) is 0 Å². The summed E-state index contributed by atoms with van der Waals surface area (Å²) >= 11 is 0. The Balaban J connectivity index is 2.06. The molecule has 0 fully saturated rings. The van der Waals surface area contributed by atoms with Crippen molar-refractivity contribution in [1.29, 1.82) is 0 Å². The average Bonchev–Trinajstić information content (AvgIpc) is 2.37. The molecule has 0 saturated heterocycles. The van der Waals surface area contributed by atoms with E-state index in [2.05, 4.69) is 20.3 Å². The van der Waals surface area contributed by atoms with Gasteiger partial charge in [-0.15, -0.1) is 0 Å². The minimum absolute atomic E-state index is 0.182. The fourth-order valence-electron chi connectivity index (χ4n) is 1.33. The Morgan fingerprint density at radius 3 is 2.76 bits per heavy atom. The molecule has 0 aliphatic carbocycles. The van der Waals surface area contributed by atoms with Gasteiger partial charge in [-0.05, 0) is 17.7 Å². The van der Waals surface area contributed by atoms with E-state index in [-0.39, 0.29) is 5.95 Å². The smallest absolute Gasteiger partial charge is 0.225 e. The van der Waals surface area contributed by atoms with Gasteiger partial charge in [-0.25, -0.2) is 0 Å². The van der Waals surface area contributed by atoms with Crippen molar-refractivity contribution < 1.29 is 4.74 Å². The van der Waals surface area contributed by atoms with E-state index in [1.807, 2.05) is 12.1 Å². The van der Waals surface area contributed by atoms with Gasteiger partial charge in [0.2, 0.25) is 11.8 Å². The molecule has 88 valence electrons. The van der Waals surface area contributed by atoms with Crippen LogP contribution in [0.4, 0.5) is 11.8 Å². The SMILES string of the molecule is COc1cc(NCc2ccncc2)nc(N)n1. The van der Waals surface area contributed by atoms with Gasteiger partial charge in [-0.2, -0.15) is 9.97 Å². The Morgan fingerprint density at radius 2 is 2.06 bits per heavy atom. The second kappa shape index (κ2) is 5.11. The van der Waals surface area contributed by atoms with E-state index < -0.39 is 0 Å². The van der Waals surface area contributed by atoms with Crippen LogP contribution in [-0.2, 0) is 6.54 Å². The fourth-order valence-corrected chi connectivity index (χ4v) is 1.33. The van der Waals surface area contributed by atoms with E-state index in [4.69, 9.17) is 10.5 Å². The lowest BCUT2D eigenvalue weighted by molar-refractivity contribution is 0.398. The van der Waals surface area contributed by atoms with E-state index in [1.54, 1.807) is 18.5 Å². The molecule has 0 aromatic carbocycles. The Kier molecular flexibility index (Phi) is 3.34. The van der Waals surface area contributed by atoms with Crippen molar-refractivity contribution in [3.8, 4) is 5.88 Å². The normalized spacial score (nSPS) is 9.94. The highest BCUT2D eigenvalue weighted by Gasteiger charge is 2.01. The number of aromatic nitrogens is 3. The third-order valence-corrected chi connectivity index (χ3v) is 2.15. The topological polar surface area (TPSA) is 86.0 Å². The molecule has 17 heavy (non-hydrogen) atoms. The molecule has 0 saturated carbocycles. The molecule has 0 bridgehead atoms. The lowest BCUT2D eigenvalue weighted by Gasteiger charge is -2.07. The number of rotatable bonds is 4. The van der Waals surface area contributed by atoms with Crippen LogP contribution in [0, 0.1) is 0 Å². The molecule has 2 aromatic heterocycles. The molecule has 6 nitrogen and oxygen atoms in total. The van der Waals surface area contributed by atoms with Crippen LogP contribution in [0.15, 0.2) is 30.6 Å². The average molecular weight is 231 g/mol. The number of nitrogens with one attached hydrogen (secondary N) is 1. The standard InChI is InChI=1S/C11H13N5O/c1-17-10-6-9(15-11(12)16-10)14-7-8-2-4-13-5-3-8/h2-6H,7H2,1H3,(H3,12,14,15,16). The van der Waals surface area contributed by atoms with Crippen LogP contribution in [-0.4, -0.2) is 22.1 Å².